The van der Waals surface area contributed by atoms with Crippen LogP contribution in [-0.2, 0) is 0 Å². The molecule has 0 saturated heterocycles. The summed E-state index contributed by atoms with van der Waals surface area (Å²) in [5.74, 6) is 0. The van der Waals surface area contributed by atoms with E-state index in [0.717, 1.165) is 0 Å². The van der Waals surface area contributed by atoms with Crippen molar-refractivity contribution >= 4 is 63.3 Å². The fourth-order valence-electron chi connectivity index (χ4n) is 8.29. The van der Waals surface area contributed by atoms with Gasteiger partial charge in [-0.2, -0.15) is 0 Å². The van der Waals surface area contributed by atoms with Crippen LogP contribution in [0.1, 0.15) is 33.4 Å². The quantitative estimate of drug-likeness (QED) is 0.222. The summed E-state index contributed by atoms with van der Waals surface area (Å²) in [7, 11) is 0. The molecule has 2 aliphatic heterocycles. The summed E-state index contributed by atoms with van der Waals surface area (Å²) < 4.78 is 0. The topological polar surface area (TPSA) is 3.24 Å². The van der Waals surface area contributed by atoms with E-state index in [0.29, 0.717) is 0 Å². The normalized spacial score (nSPS) is 13.0. The molecule has 2 heterocycles. The van der Waals surface area contributed by atoms with Gasteiger partial charge in [0.2, 0.25) is 13.4 Å². The van der Waals surface area contributed by atoms with E-state index in [2.05, 4.69) is 162 Å². The second-order valence-corrected chi connectivity index (χ2v) is 13.3. The van der Waals surface area contributed by atoms with Crippen molar-refractivity contribution in [2.45, 2.75) is 41.5 Å². The largest absolute Gasteiger partial charge is 0.313 e. The van der Waals surface area contributed by atoms with Crippen molar-refractivity contribution in [1.82, 2.24) is 0 Å². The van der Waals surface area contributed by atoms with Crippen molar-refractivity contribution in [3.05, 3.63) is 149 Å². The van der Waals surface area contributed by atoms with Crippen molar-refractivity contribution < 1.29 is 0 Å². The van der Waals surface area contributed by atoms with Crippen molar-refractivity contribution in [3.63, 3.8) is 0 Å². The Bertz CT molecular complexity index is 1980. The van der Waals surface area contributed by atoms with Crippen LogP contribution in [0.2, 0.25) is 0 Å². The van der Waals surface area contributed by atoms with Gasteiger partial charge >= 0.3 is 0 Å². The van der Waals surface area contributed by atoms with E-state index < -0.39 is 0 Å². The molecular formula is C42H37B2N. The SMILES string of the molecule is Cc1ccc2c(c1)B(c1c(C)cccc1C)c1cc(-c3ccccc3)cc3c1N2c1ccc(C)cc1B3c1c(C)cccc1C. The van der Waals surface area contributed by atoms with Gasteiger partial charge in [-0.05, 0) is 86.7 Å². The third-order valence-corrected chi connectivity index (χ3v) is 10.3. The van der Waals surface area contributed by atoms with E-state index in [9.17, 15) is 0 Å². The first-order valence-corrected chi connectivity index (χ1v) is 16.2. The molecule has 0 spiro atoms. The Labute approximate surface area is 268 Å². The van der Waals surface area contributed by atoms with Gasteiger partial charge in [-0.1, -0.05) is 147 Å². The van der Waals surface area contributed by atoms with E-state index in [1.165, 1.54) is 94.3 Å². The lowest BCUT2D eigenvalue weighted by Crippen LogP contribution is -2.66. The van der Waals surface area contributed by atoms with Crippen molar-refractivity contribution in [3.8, 4) is 11.1 Å². The molecule has 6 aromatic carbocycles. The maximum absolute atomic E-state index is 2.59. The summed E-state index contributed by atoms with van der Waals surface area (Å²) in [5, 5.41) is 0. The first-order chi connectivity index (χ1) is 21.8. The van der Waals surface area contributed by atoms with Gasteiger partial charge < -0.3 is 4.90 Å². The molecule has 0 aromatic heterocycles. The molecule has 1 nitrogen and oxygen atoms in total. The Morgan fingerprint density at radius 2 is 0.844 bits per heavy atom. The average molecular weight is 577 g/mol. The summed E-state index contributed by atoms with van der Waals surface area (Å²) in [6.07, 6.45) is 0. The van der Waals surface area contributed by atoms with Gasteiger partial charge in [-0.25, -0.2) is 0 Å². The Kier molecular flexibility index (Phi) is 6.43. The zero-order valence-corrected chi connectivity index (χ0v) is 27.1. The molecule has 0 amide bonds. The maximum atomic E-state index is 2.59. The maximum Gasteiger partial charge on any atom is 0.247 e. The van der Waals surface area contributed by atoms with E-state index in [1.807, 2.05) is 0 Å². The number of rotatable bonds is 3. The summed E-state index contributed by atoms with van der Waals surface area (Å²) in [4.78, 5) is 2.59. The molecule has 0 radical (unpaired) electrons. The average Bonchev–Trinajstić information content (AvgIpc) is 3.03. The van der Waals surface area contributed by atoms with Crippen LogP contribution in [0, 0.1) is 41.5 Å². The summed E-state index contributed by atoms with van der Waals surface area (Å²) in [6, 6.07) is 43.7. The van der Waals surface area contributed by atoms with Gasteiger partial charge in [0.25, 0.3) is 0 Å². The minimum absolute atomic E-state index is 0.125. The number of aryl methyl sites for hydroxylation is 6. The lowest BCUT2D eigenvalue weighted by atomic mass is 9.29. The van der Waals surface area contributed by atoms with E-state index in [4.69, 9.17) is 0 Å². The van der Waals surface area contributed by atoms with E-state index in [-0.39, 0.29) is 13.4 Å². The van der Waals surface area contributed by atoms with Crippen LogP contribution in [0.4, 0.5) is 17.1 Å². The number of nitrogens with zero attached hydrogens (tertiary/aromatic N) is 1. The van der Waals surface area contributed by atoms with Crippen LogP contribution in [0.5, 0.6) is 0 Å². The minimum Gasteiger partial charge on any atom is -0.313 e. The number of hydrogen-bond acceptors (Lipinski definition) is 1. The van der Waals surface area contributed by atoms with E-state index in [1.54, 1.807) is 0 Å². The smallest absolute Gasteiger partial charge is 0.247 e. The first kappa shape index (κ1) is 27.8. The summed E-state index contributed by atoms with van der Waals surface area (Å²) in [5.41, 5.74) is 22.8. The van der Waals surface area contributed by atoms with Gasteiger partial charge in [0.05, 0.1) is 0 Å². The van der Waals surface area contributed by atoms with Crippen LogP contribution >= 0.6 is 0 Å². The lowest BCUT2D eigenvalue weighted by Gasteiger charge is -2.45. The van der Waals surface area contributed by atoms with E-state index >= 15 is 0 Å². The minimum atomic E-state index is 0.125. The predicted molar refractivity (Wildman–Crippen MR) is 197 cm³/mol. The van der Waals surface area contributed by atoms with Crippen LogP contribution in [0.15, 0.2) is 115 Å². The van der Waals surface area contributed by atoms with Crippen molar-refractivity contribution in [1.29, 1.82) is 0 Å². The molecule has 0 saturated carbocycles. The van der Waals surface area contributed by atoms with Crippen molar-refractivity contribution in [2.24, 2.45) is 0 Å². The van der Waals surface area contributed by atoms with Gasteiger partial charge in [0.15, 0.2) is 0 Å². The third-order valence-electron chi connectivity index (χ3n) is 10.3. The number of hydrogen-bond donors (Lipinski definition) is 0. The second kappa shape index (κ2) is 10.4. The monoisotopic (exact) mass is 577 g/mol. The molecule has 0 unspecified atom stereocenters. The molecule has 0 bridgehead atoms. The van der Waals surface area contributed by atoms with Crippen LogP contribution in [0.3, 0.4) is 0 Å². The molecule has 2 aliphatic rings. The summed E-state index contributed by atoms with van der Waals surface area (Å²) >= 11 is 0. The molecule has 0 aliphatic carbocycles. The molecule has 6 aromatic rings. The fraction of sp³-hybridized carbons (Fsp3) is 0.143. The molecule has 3 heteroatoms. The number of fused-ring (bicyclic) bond motifs is 4. The standard InChI is InChI=1S/C42H37B2N/c1-26-18-20-38-34(22-26)43(40-28(3)12-10-13-29(40)4)36-24-33(32-16-8-7-9-17-32)25-37-42(36)45(38)39-21-19-27(2)23-35(39)44(37)41-30(5)14-11-15-31(41)6/h7-25H,1-6H3. The van der Waals surface area contributed by atoms with Crippen LogP contribution < -0.4 is 37.7 Å². The van der Waals surface area contributed by atoms with Gasteiger partial charge in [0, 0.05) is 17.1 Å². The fourth-order valence-corrected chi connectivity index (χ4v) is 8.29. The lowest BCUT2D eigenvalue weighted by molar-refractivity contribution is 1.28. The highest BCUT2D eigenvalue weighted by atomic mass is 15.2. The molecule has 0 N–H and O–H groups in total. The number of benzene rings is 6. The van der Waals surface area contributed by atoms with Crippen LogP contribution in [-0.4, -0.2) is 13.4 Å². The Morgan fingerprint density at radius 1 is 0.400 bits per heavy atom. The second-order valence-electron chi connectivity index (χ2n) is 13.3. The Balaban J connectivity index is 1.56. The number of anilines is 3. The molecule has 8 rings (SSSR count). The van der Waals surface area contributed by atoms with Gasteiger partial charge in [-0.15, -0.1) is 0 Å². The molecule has 0 fully saturated rings. The zero-order valence-electron chi connectivity index (χ0n) is 27.1. The molecule has 216 valence electrons. The zero-order chi connectivity index (χ0) is 31.0. The summed E-state index contributed by atoms with van der Waals surface area (Å²) in [6.45, 7) is 13.9. The molecule has 0 atom stereocenters. The van der Waals surface area contributed by atoms with Gasteiger partial charge in [-0.3, -0.25) is 0 Å². The Morgan fingerprint density at radius 3 is 1.29 bits per heavy atom. The third kappa shape index (κ3) is 4.25. The molecular weight excluding hydrogens is 540 g/mol. The van der Waals surface area contributed by atoms with Crippen LogP contribution in [0.25, 0.3) is 11.1 Å². The highest BCUT2D eigenvalue weighted by Gasteiger charge is 2.44. The predicted octanol–water partition coefficient (Wildman–Crippen LogP) is 6.33. The van der Waals surface area contributed by atoms with Gasteiger partial charge in [0.1, 0.15) is 0 Å². The first-order valence-electron chi connectivity index (χ1n) is 16.2. The highest BCUT2D eigenvalue weighted by molar-refractivity contribution is 7.02. The Hall–Kier alpha value is -4.75. The highest BCUT2D eigenvalue weighted by Crippen LogP contribution is 2.39. The molecule has 45 heavy (non-hydrogen) atoms. The van der Waals surface area contributed by atoms with Crippen molar-refractivity contribution in [2.75, 3.05) is 4.90 Å².